The first-order valence-electron chi connectivity index (χ1n) is 8.27. The first-order chi connectivity index (χ1) is 12.5. The molecular formula is C19H20ClN3O2S. The smallest absolute Gasteiger partial charge is 0.262 e. The van der Waals surface area contributed by atoms with E-state index in [0.717, 1.165) is 24.4 Å². The van der Waals surface area contributed by atoms with E-state index in [4.69, 9.17) is 28.6 Å². The van der Waals surface area contributed by atoms with Crippen LogP contribution in [0.2, 0.25) is 5.02 Å². The molecule has 0 radical (unpaired) electrons. The topological polar surface area (TPSA) is 50.3 Å². The van der Waals surface area contributed by atoms with Crippen LogP contribution in [0.5, 0.6) is 5.75 Å². The molecule has 3 rings (SSSR count). The Morgan fingerprint density at radius 1 is 1.23 bits per heavy atom. The maximum atomic E-state index is 12.7. The van der Waals surface area contributed by atoms with Crippen LogP contribution in [0.25, 0.3) is 10.9 Å². The van der Waals surface area contributed by atoms with E-state index in [9.17, 15) is 4.79 Å². The summed E-state index contributed by atoms with van der Waals surface area (Å²) in [6.45, 7) is 1.33. The van der Waals surface area contributed by atoms with Gasteiger partial charge < -0.3 is 14.6 Å². The Kier molecular flexibility index (Phi) is 5.64. The lowest BCUT2D eigenvalue weighted by molar-refractivity contribution is 0.415. The molecule has 0 fully saturated rings. The molecule has 5 nitrogen and oxygen atoms in total. The van der Waals surface area contributed by atoms with Crippen LogP contribution in [0.1, 0.15) is 6.42 Å². The van der Waals surface area contributed by atoms with Crippen molar-refractivity contribution in [3.8, 4) is 5.75 Å². The summed E-state index contributed by atoms with van der Waals surface area (Å²) in [5.74, 6) is 0.829. The second-order valence-corrected chi connectivity index (χ2v) is 6.87. The van der Waals surface area contributed by atoms with Crippen LogP contribution >= 0.6 is 23.8 Å². The summed E-state index contributed by atoms with van der Waals surface area (Å²) in [6.07, 6.45) is 0.784. The Hall–Kier alpha value is -2.31. The number of halogens is 1. The van der Waals surface area contributed by atoms with Crippen LogP contribution in [0.15, 0.2) is 47.3 Å². The predicted octanol–water partition coefficient (Wildman–Crippen LogP) is 4.25. The number of H-pyrrole nitrogens is 1. The fourth-order valence-corrected chi connectivity index (χ4v) is 3.31. The quantitative estimate of drug-likeness (QED) is 0.640. The van der Waals surface area contributed by atoms with Crippen molar-refractivity contribution >= 4 is 40.4 Å². The number of hydrogen-bond donors (Lipinski definition) is 1. The Labute approximate surface area is 161 Å². The molecule has 0 amide bonds. The average Bonchev–Trinajstić information content (AvgIpc) is 2.65. The summed E-state index contributed by atoms with van der Waals surface area (Å²) in [4.78, 5) is 17.9. The van der Waals surface area contributed by atoms with Crippen molar-refractivity contribution in [1.82, 2.24) is 9.55 Å². The van der Waals surface area contributed by atoms with Gasteiger partial charge >= 0.3 is 0 Å². The van der Waals surface area contributed by atoms with E-state index in [0.29, 0.717) is 27.2 Å². The van der Waals surface area contributed by atoms with Gasteiger partial charge in [0.05, 0.1) is 18.0 Å². The molecule has 0 aliphatic heterocycles. The standard InChI is InChI=1S/C19H20ClN3O2S/c1-22(14-5-7-15(25-2)8-6-14)10-3-11-23-18(24)16-12-13(20)4-9-17(16)21-19(23)26/h4-9,12H,3,10-11H2,1-2H3,(H,21,26). The zero-order valence-corrected chi connectivity index (χ0v) is 16.2. The van der Waals surface area contributed by atoms with Gasteiger partial charge in [-0.05, 0) is 61.1 Å². The summed E-state index contributed by atoms with van der Waals surface area (Å²) >= 11 is 11.4. The number of benzene rings is 2. The second kappa shape index (κ2) is 7.93. The number of nitrogens with one attached hydrogen (secondary N) is 1. The highest BCUT2D eigenvalue weighted by atomic mass is 35.5. The van der Waals surface area contributed by atoms with Crippen molar-refractivity contribution in [2.75, 3.05) is 25.6 Å². The van der Waals surface area contributed by atoms with Gasteiger partial charge in [-0.1, -0.05) is 11.6 Å². The van der Waals surface area contributed by atoms with Crippen LogP contribution in [0.4, 0.5) is 5.69 Å². The molecule has 0 saturated carbocycles. The molecule has 7 heteroatoms. The van der Waals surface area contributed by atoms with E-state index < -0.39 is 0 Å². The van der Waals surface area contributed by atoms with Gasteiger partial charge in [-0.3, -0.25) is 9.36 Å². The van der Waals surface area contributed by atoms with E-state index in [-0.39, 0.29) is 5.56 Å². The number of hydrogen-bond acceptors (Lipinski definition) is 4. The van der Waals surface area contributed by atoms with Gasteiger partial charge in [0.15, 0.2) is 4.77 Å². The van der Waals surface area contributed by atoms with Gasteiger partial charge in [-0.15, -0.1) is 0 Å². The van der Waals surface area contributed by atoms with Crippen LogP contribution in [-0.2, 0) is 6.54 Å². The first-order valence-corrected chi connectivity index (χ1v) is 9.06. The van der Waals surface area contributed by atoms with Crippen LogP contribution in [-0.4, -0.2) is 30.3 Å². The van der Waals surface area contributed by atoms with Crippen molar-refractivity contribution in [3.63, 3.8) is 0 Å². The predicted molar refractivity (Wildman–Crippen MR) is 109 cm³/mol. The molecule has 0 aliphatic rings. The molecule has 0 spiro atoms. The van der Waals surface area contributed by atoms with Crippen molar-refractivity contribution in [3.05, 3.63) is 62.6 Å². The SMILES string of the molecule is COc1ccc(N(C)CCCn2c(=S)[nH]c3ccc(Cl)cc3c2=O)cc1. The van der Waals surface area contributed by atoms with Crippen molar-refractivity contribution in [2.45, 2.75) is 13.0 Å². The fourth-order valence-electron chi connectivity index (χ4n) is 2.86. The van der Waals surface area contributed by atoms with Gasteiger partial charge in [-0.2, -0.15) is 0 Å². The van der Waals surface area contributed by atoms with Crippen molar-refractivity contribution in [2.24, 2.45) is 0 Å². The zero-order valence-electron chi connectivity index (χ0n) is 14.7. The summed E-state index contributed by atoms with van der Waals surface area (Å²) in [7, 11) is 3.67. The number of aromatic amines is 1. The molecule has 1 N–H and O–H groups in total. The molecule has 2 aromatic carbocycles. The largest absolute Gasteiger partial charge is 0.497 e. The second-order valence-electron chi connectivity index (χ2n) is 6.05. The monoisotopic (exact) mass is 389 g/mol. The minimum absolute atomic E-state index is 0.113. The molecule has 1 aromatic heterocycles. The Morgan fingerprint density at radius 2 is 1.96 bits per heavy atom. The van der Waals surface area contributed by atoms with Crippen LogP contribution < -0.4 is 15.2 Å². The number of rotatable bonds is 6. The number of ether oxygens (including phenoxy) is 1. The Balaban J connectivity index is 1.73. The van der Waals surface area contributed by atoms with Gasteiger partial charge in [0.1, 0.15) is 5.75 Å². The lowest BCUT2D eigenvalue weighted by atomic mass is 10.2. The molecule has 3 aromatic rings. The lowest BCUT2D eigenvalue weighted by Gasteiger charge is -2.20. The van der Waals surface area contributed by atoms with Crippen molar-refractivity contribution in [1.29, 1.82) is 0 Å². The number of anilines is 1. The fraction of sp³-hybridized carbons (Fsp3) is 0.263. The van der Waals surface area contributed by atoms with Gasteiger partial charge in [0.2, 0.25) is 0 Å². The Morgan fingerprint density at radius 3 is 2.65 bits per heavy atom. The molecule has 1 heterocycles. The van der Waals surface area contributed by atoms with Gasteiger partial charge in [-0.25, -0.2) is 0 Å². The molecule has 0 saturated heterocycles. The van der Waals surface area contributed by atoms with E-state index in [1.165, 1.54) is 0 Å². The van der Waals surface area contributed by atoms with Gasteiger partial charge in [0, 0.05) is 30.8 Å². The van der Waals surface area contributed by atoms with Crippen LogP contribution in [0.3, 0.4) is 0 Å². The molecule has 0 bridgehead atoms. The minimum Gasteiger partial charge on any atom is -0.497 e. The van der Waals surface area contributed by atoms with E-state index >= 15 is 0 Å². The third-order valence-electron chi connectivity index (χ3n) is 4.33. The highest BCUT2D eigenvalue weighted by molar-refractivity contribution is 7.71. The summed E-state index contributed by atoms with van der Waals surface area (Å²) < 4.78 is 7.20. The van der Waals surface area contributed by atoms with Crippen molar-refractivity contribution < 1.29 is 4.74 Å². The molecule has 0 atom stereocenters. The average molecular weight is 390 g/mol. The summed E-state index contributed by atoms with van der Waals surface area (Å²) in [6, 6.07) is 13.1. The number of nitrogens with zero attached hydrogens (tertiary/aromatic N) is 2. The first kappa shape index (κ1) is 18.5. The normalized spacial score (nSPS) is 10.9. The lowest BCUT2D eigenvalue weighted by Crippen LogP contribution is -2.25. The zero-order chi connectivity index (χ0) is 18.7. The van der Waals surface area contributed by atoms with Crippen LogP contribution in [0, 0.1) is 4.77 Å². The summed E-state index contributed by atoms with van der Waals surface area (Å²) in [5.41, 5.74) is 1.68. The Bertz CT molecular complexity index is 1030. The maximum Gasteiger partial charge on any atom is 0.262 e. The highest BCUT2D eigenvalue weighted by Gasteiger charge is 2.07. The maximum absolute atomic E-state index is 12.7. The molecule has 0 aliphatic carbocycles. The third kappa shape index (κ3) is 3.92. The number of methoxy groups -OCH3 is 1. The molecular weight excluding hydrogens is 370 g/mol. The highest BCUT2D eigenvalue weighted by Crippen LogP contribution is 2.18. The van der Waals surface area contributed by atoms with E-state index in [1.54, 1.807) is 29.9 Å². The minimum atomic E-state index is -0.113. The third-order valence-corrected chi connectivity index (χ3v) is 4.89. The van der Waals surface area contributed by atoms with E-state index in [2.05, 4.69) is 9.88 Å². The van der Waals surface area contributed by atoms with Gasteiger partial charge in [0.25, 0.3) is 5.56 Å². The van der Waals surface area contributed by atoms with E-state index in [1.807, 2.05) is 31.3 Å². The molecule has 26 heavy (non-hydrogen) atoms. The number of fused-ring (bicyclic) bond motifs is 1. The number of aromatic nitrogens is 2. The molecule has 136 valence electrons. The molecule has 0 unspecified atom stereocenters. The summed E-state index contributed by atoms with van der Waals surface area (Å²) in [5, 5.41) is 1.08.